The van der Waals surface area contributed by atoms with Crippen LogP contribution >= 0.6 is 27.5 Å². The molecule has 5 heteroatoms. The first-order chi connectivity index (χ1) is 8.11. The fourth-order valence-corrected chi connectivity index (χ4v) is 2.43. The van der Waals surface area contributed by atoms with Gasteiger partial charge in [0.25, 0.3) is 0 Å². The summed E-state index contributed by atoms with van der Waals surface area (Å²) in [5.41, 5.74) is 0.761. The van der Waals surface area contributed by atoms with Gasteiger partial charge in [-0.2, -0.15) is 0 Å². The summed E-state index contributed by atoms with van der Waals surface area (Å²) >= 11 is 9.44. The van der Waals surface area contributed by atoms with Crippen LogP contribution in [0.15, 0.2) is 22.7 Å². The molecular formula is C12H13BrClNO2. The van der Waals surface area contributed by atoms with Crippen molar-refractivity contribution in [1.82, 2.24) is 0 Å². The SMILES string of the molecule is COC(=O)C(Nc1ccc(Br)cc1Cl)C1CC1. The topological polar surface area (TPSA) is 38.3 Å². The Morgan fingerprint density at radius 3 is 2.82 bits per heavy atom. The number of carbonyl (C=O) groups excluding carboxylic acids is 1. The molecule has 1 fully saturated rings. The van der Waals surface area contributed by atoms with Gasteiger partial charge in [-0.1, -0.05) is 27.5 Å². The van der Waals surface area contributed by atoms with Gasteiger partial charge in [0, 0.05) is 4.47 Å². The molecule has 0 bridgehead atoms. The van der Waals surface area contributed by atoms with Crippen LogP contribution < -0.4 is 5.32 Å². The molecule has 0 aliphatic heterocycles. The molecule has 1 unspecified atom stereocenters. The van der Waals surface area contributed by atoms with Crippen molar-refractivity contribution in [2.75, 3.05) is 12.4 Å². The van der Waals surface area contributed by atoms with E-state index in [0.717, 1.165) is 23.0 Å². The maximum absolute atomic E-state index is 11.6. The van der Waals surface area contributed by atoms with Gasteiger partial charge in [0.15, 0.2) is 0 Å². The van der Waals surface area contributed by atoms with Gasteiger partial charge in [0.1, 0.15) is 6.04 Å². The Morgan fingerprint density at radius 2 is 2.29 bits per heavy atom. The van der Waals surface area contributed by atoms with Crippen molar-refractivity contribution in [2.45, 2.75) is 18.9 Å². The zero-order valence-corrected chi connectivity index (χ0v) is 11.7. The highest BCUT2D eigenvalue weighted by atomic mass is 79.9. The summed E-state index contributed by atoms with van der Waals surface area (Å²) in [5.74, 6) is 0.133. The van der Waals surface area contributed by atoms with Gasteiger partial charge in [-0.15, -0.1) is 0 Å². The number of halogens is 2. The standard InChI is InChI=1S/C12H13BrClNO2/c1-17-12(16)11(7-2-3-7)15-10-5-4-8(13)6-9(10)14/h4-7,11,15H,2-3H2,1H3. The fraction of sp³-hybridized carbons (Fsp3) is 0.417. The molecule has 1 N–H and O–H groups in total. The van der Waals surface area contributed by atoms with E-state index in [9.17, 15) is 4.79 Å². The van der Waals surface area contributed by atoms with Crippen LogP contribution in [0.2, 0.25) is 5.02 Å². The first-order valence-electron chi connectivity index (χ1n) is 5.41. The predicted molar refractivity (Wildman–Crippen MR) is 71.3 cm³/mol. The predicted octanol–water partition coefficient (Wildman–Crippen LogP) is 3.47. The average Bonchev–Trinajstić information content (AvgIpc) is 3.11. The van der Waals surface area contributed by atoms with Crippen LogP contribution in [0, 0.1) is 5.92 Å². The van der Waals surface area contributed by atoms with Gasteiger partial charge in [-0.3, -0.25) is 0 Å². The molecule has 2 rings (SSSR count). The molecule has 1 aromatic carbocycles. The Bertz CT molecular complexity index is 435. The van der Waals surface area contributed by atoms with Crippen LogP contribution in [-0.4, -0.2) is 19.1 Å². The Balaban J connectivity index is 2.14. The number of ether oxygens (including phenoxy) is 1. The summed E-state index contributed by atoms with van der Waals surface area (Å²) in [7, 11) is 1.41. The third kappa shape index (κ3) is 3.13. The van der Waals surface area contributed by atoms with E-state index in [0.29, 0.717) is 10.9 Å². The van der Waals surface area contributed by atoms with Crippen molar-refractivity contribution in [2.24, 2.45) is 5.92 Å². The van der Waals surface area contributed by atoms with Gasteiger partial charge in [-0.05, 0) is 37.0 Å². The largest absolute Gasteiger partial charge is 0.467 e. The van der Waals surface area contributed by atoms with E-state index >= 15 is 0 Å². The lowest BCUT2D eigenvalue weighted by Crippen LogP contribution is -2.32. The zero-order chi connectivity index (χ0) is 12.4. The lowest BCUT2D eigenvalue weighted by Gasteiger charge is -2.18. The lowest BCUT2D eigenvalue weighted by molar-refractivity contribution is -0.142. The van der Waals surface area contributed by atoms with Gasteiger partial charge in [-0.25, -0.2) is 4.79 Å². The van der Waals surface area contributed by atoms with Gasteiger partial charge < -0.3 is 10.1 Å². The number of benzene rings is 1. The van der Waals surface area contributed by atoms with Crippen LogP contribution in [0.5, 0.6) is 0 Å². The van der Waals surface area contributed by atoms with Crippen molar-refractivity contribution >= 4 is 39.2 Å². The molecule has 1 aliphatic rings. The Morgan fingerprint density at radius 1 is 1.59 bits per heavy atom. The van der Waals surface area contributed by atoms with Crippen LogP contribution in [0.25, 0.3) is 0 Å². The molecule has 0 aromatic heterocycles. The molecule has 1 aliphatic carbocycles. The van der Waals surface area contributed by atoms with Crippen molar-refractivity contribution in [3.63, 3.8) is 0 Å². The van der Waals surface area contributed by atoms with E-state index in [1.807, 2.05) is 12.1 Å². The number of rotatable bonds is 4. The van der Waals surface area contributed by atoms with E-state index in [-0.39, 0.29) is 12.0 Å². The summed E-state index contributed by atoms with van der Waals surface area (Å²) < 4.78 is 5.71. The minimum absolute atomic E-state index is 0.230. The van der Waals surface area contributed by atoms with Gasteiger partial charge in [0.2, 0.25) is 0 Å². The summed E-state index contributed by atoms with van der Waals surface area (Å²) in [6.45, 7) is 0. The van der Waals surface area contributed by atoms with Gasteiger partial charge in [0.05, 0.1) is 17.8 Å². The van der Waals surface area contributed by atoms with Crippen molar-refractivity contribution < 1.29 is 9.53 Å². The molecule has 3 nitrogen and oxygen atoms in total. The summed E-state index contributed by atoms with van der Waals surface area (Å²) in [4.78, 5) is 11.6. The van der Waals surface area contributed by atoms with E-state index in [1.54, 1.807) is 6.07 Å². The Labute approximate surface area is 114 Å². The number of esters is 1. The third-order valence-electron chi connectivity index (χ3n) is 2.79. The van der Waals surface area contributed by atoms with Crippen LogP contribution in [0.4, 0.5) is 5.69 Å². The lowest BCUT2D eigenvalue weighted by atomic mass is 10.1. The zero-order valence-electron chi connectivity index (χ0n) is 9.37. The minimum atomic E-state index is -0.293. The molecule has 0 radical (unpaired) electrons. The first-order valence-corrected chi connectivity index (χ1v) is 6.58. The summed E-state index contributed by atoms with van der Waals surface area (Å²) in [6, 6.07) is 5.24. The second-order valence-corrected chi connectivity index (χ2v) is 5.43. The number of anilines is 1. The molecule has 0 heterocycles. The molecule has 0 spiro atoms. The molecule has 1 saturated carbocycles. The number of nitrogens with one attached hydrogen (secondary N) is 1. The number of carbonyl (C=O) groups is 1. The van der Waals surface area contributed by atoms with Gasteiger partial charge >= 0.3 is 5.97 Å². The fourth-order valence-electron chi connectivity index (χ4n) is 1.70. The van der Waals surface area contributed by atoms with Crippen molar-refractivity contribution in [1.29, 1.82) is 0 Å². The number of hydrogen-bond acceptors (Lipinski definition) is 3. The maximum atomic E-state index is 11.6. The highest BCUT2D eigenvalue weighted by molar-refractivity contribution is 9.10. The molecule has 1 atom stereocenters. The number of methoxy groups -OCH3 is 1. The Kier molecular flexibility index (Phi) is 3.94. The van der Waals surface area contributed by atoms with E-state index in [4.69, 9.17) is 16.3 Å². The molecule has 0 saturated heterocycles. The second kappa shape index (κ2) is 5.27. The maximum Gasteiger partial charge on any atom is 0.328 e. The van der Waals surface area contributed by atoms with E-state index in [2.05, 4.69) is 21.2 Å². The third-order valence-corrected chi connectivity index (χ3v) is 3.60. The average molecular weight is 319 g/mol. The molecule has 0 amide bonds. The Hall–Kier alpha value is -0.740. The minimum Gasteiger partial charge on any atom is -0.467 e. The summed E-state index contributed by atoms with van der Waals surface area (Å²) in [5, 5.41) is 3.75. The van der Waals surface area contributed by atoms with E-state index in [1.165, 1.54) is 7.11 Å². The highest BCUT2D eigenvalue weighted by Crippen LogP contribution is 2.36. The quantitative estimate of drug-likeness (QED) is 0.864. The normalized spacial score (nSPS) is 16.4. The van der Waals surface area contributed by atoms with Crippen molar-refractivity contribution in [3.05, 3.63) is 27.7 Å². The molecule has 1 aromatic rings. The van der Waals surface area contributed by atoms with E-state index < -0.39 is 0 Å². The van der Waals surface area contributed by atoms with Crippen LogP contribution in [0.1, 0.15) is 12.8 Å². The molecule has 92 valence electrons. The summed E-state index contributed by atoms with van der Waals surface area (Å²) in [6.07, 6.45) is 2.11. The van der Waals surface area contributed by atoms with Crippen molar-refractivity contribution in [3.8, 4) is 0 Å². The number of hydrogen-bond donors (Lipinski definition) is 1. The molecular weight excluding hydrogens is 305 g/mol. The second-order valence-electron chi connectivity index (χ2n) is 4.11. The first kappa shape index (κ1) is 12.7. The molecule has 17 heavy (non-hydrogen) atoms. The highest BCUT2D eigenvalue weighted by Gasteiger charge is 2.37. The smallest absolute Gasteiger partial charge is 0.328 e. The van der Waals surface area contributed by atoms with Crippen LogP contribution in [-0.2, 0) is 9.53 Å². The van der Waals surface area contributed by atoms with Crippen LogP contribution in [0.3, 0.4) is 0 Å². The monoisotopic (exact) mass is 317 g/mol.